The van der Waals surface area contributed by atoms with Gasteiger partial charge in [0.2, 0.25) is 0 Å². The monoisotopic (exact) mass is 363 g/mol. The Balaban J connectivity index is 2.00. The summed E-state index contributed by atoms with van der Waals surface area (Å²) in [6.45, 7) is 0. The largest absolute Gasteiger partial charge is 0.481 e. The number of hydrogen-bond donors (Lipinski definition) is 1. The normalized spacial score (nSPS) is 12.5. The van der Waals surface area contributed by atoms with E-state index in [1.807, 2.05) is 24.3 Å². The van der Waals surface area contributed by atoms with Crippen molar-refractivity contribution in [1.29, 1.82) is 0 Å². The zero-order valence-corrected chi connectivity index (χ0v) is 13.6. The maximum Gasteiger partial charge on any atom is 0.416 e. The number of thiazole rings is 1. The number of alkyl halides is 3. The van der Waals surface area contributed by atoms with Crippen LogP contribution in [-0.4, -0.2) is 16.1 Å². The van der Waals surface area contributed by atoms with E-state index in [1.165, 1.54) is 23.5 Å². The Morgan fingerprint density at radius 3 is 2.40 bits per heavy atom. The summed E-state index contributed by atoms with van der Waals surface area (Å²) in [5.74, 6) is -1.03. The molecule has 0 saturated carbocycles. The molecule has 0 saturated heterocycles. The fourth-order valence-corrected chi connectivity index (χ4v) is 3.31. The quantitative estimate of drug-likeness (QED) is 0.682. The standard InChI is InChI=1S/C18H12F3NO2S/c19-18(20,21)13-7-5-11(6-8-13)9-12(10-16(23)24)17-22-14-3-1-2-4-15(14)25-17/h1-9H,10H2,(H,23,24)/b12-9-. The average molecular weight is 363 g/mol. The number of para-hydroxylation sites is 1. The number of benzene rings is 2. The molecule has 0 unspecified atom stereocenters. The molecule has 0 radical (unpaired) electrons. The first kappa shape index (κ1) is 17.2. The minimum Gasteiger partial charge on any atom is -0.481 e. The van der Waals surface area contributed by atoms with Crippen molar-refractivity contribution < 1.29 is 23.1 Å². The number of fused-ring (bicyclic) bond motifs is 1. The molecule has 1 N–H and O–H groups in total. The summed E-state index contributed by atoms with van der Waals surface area (Å²) >= 11 is 1.35. The van der Waals surface area contributed by atoms with Crippen LogP contribution >= 0.6 is 11.3 Å². The van der Waals surface area contributed by atoms with Crippen molar-refractivity contribution in [2.45, 2.75) is 12.6 Å². The van der Waals surface area contributed by atoms with Gasteiger partial charge >= 0.3 is 12.1 Å². The lowest BCUT2D eigenvalue weighted by molar-refractivity contribution is -0.138. The van der Waals surface area contributed by atoms with Gasteiger partial charge in [0.05, 0.1) is 22.2 Å². The molecular weight excluding hydrogens is 351 g/mol. The smallest absolute Gasteiger partial charge is 0.416 e. The first-order chi connectivity index (χ1) is 11.8. The van der Waals surface area contributed by atoms with Crippen LogP contribution < -0.4 is 0 Å². The molecule has 0 aliphatic heterocycles. The maximum absolute atomic E-state index is 12.6. The highest BCUT2D eigenvalue weighted by atomic mass is 32.1. The summed E-state index contributed by atoms with van der Waals surface area (Å²) in [6.07, 6.45) is -3.11. The fraction of sp³-hybridized carbons (Fsp3) is 0.111. The molecule has 2 aromatic carbocycles. The third-order valence-corrected chi connectivity index (χ3v) is 4.60. The van der Waals surface area contributed by atoms with E-state index in [2.05, 4.69) is 4.98 Å². The van der Waals surface area contributed by atoms with Crippen LogP contribution in [0.2, 0.25) is 0 Å². The Labute approximate surface area is 145 Å². The molecule has 128 valence electrons. The second kappa shape index (κ2) is 6.68. The molecule has 0 atom stereocenters. The van der Waals surface area contributed by atoms with Crippen molar-refractivity contribution >= 4 is 39.2 Å². The van der Waals surface area contributed by atoms with E-state index in [0.717, 1.165) is 22.3 Å². The van der Waals surface area contributed by atoms with Crippen LogP contribution in [0, 0.1) is 0 Å². The lowest BCUT2D eigenvalue weighted by atomic mass is 10.1. The molecule has 0 aliphatic rings. The topological polar surface area (TPSA) is 50.2 Å². The number of halogens is 3. The number of aromatic nitrogens is 1. The van der Waals surface area contributed by atoms with E-state index >= 15 is 0 Å². The van der Waals surface area contributed by atoms with Crippen molar-refractivity contribution in [1.82, 2.24) is 4.98 Å². The minimum absolute atomic E-state index is 0.263. The van der Waals surface area contributed by atoms with E-state index in [1.54, 1.807) is 6.08 Å². The molecular formula is C18H12F3NO2S. The van der Waals surface area contributed by atoms with Gasteiger partial charge in [0.25, 0.3) is 0 Å². The SMILES string of the molecule is O=C(O)C/C(=C/c1ccc(C(F)(F)F)cc1)c1nc2ccccc2s1. The lowest BCUT2D eigenvalue weighted by Gasteiger charge is -2.07. The summed E-state index contributed by atoms with van der Waals surface area (Å²) in [5.41, 5.74) is 0.951. The summed E-state index contributed by atoms with van der Waals surface area (Å²) in [7, 11) is 0. The van der Waals surface area contributed by atoms with E-state index in [0.29, 0.717) is 16.1 Å². The Kier molecular flexibility index (Phi) is 4.59. The molecule has 0 fully saturated rings. The van der Waals surface area contributed by atoms with Gasteiger partial charge in [-0.15, -0.1) is 11.3 Å². The number of hydrogen-bond acceptors (Lipinski definition) is 3. The van der Waals surface area contributed by atoms with Crippen LogP contribution in [0.3, 0.4) is 0 Å². The third-order valence-electron chi connectivity index (χ3n) is 3.49. The molecule has 7 heteroatoms. The van der Waals surface area contributed by atoms with Gasteiger partial charge in [0.15, 0.2) is 0 Å². The number of rotatable bonds is 4. The molecule has 0 aliphatic carbocycles. The van der Waals surface area contributed by atoms with Crippen LogP contribution in [0.5, 0.6) is 0 Å². The van der Waals surface area contributed by atoms with Crippen LogP contribution in [-0.2, 0) is 11.0 Å². The van der Waals surface area contributed by atoms with Crippen molar-refractivity contribution in [3.8, 4) is 0 Å². The minimum atomic E-state index is -4.40. The molecule has 3 rings (SSSR count). The molecule has 3 aromatic rings. The van der Waals surface area contributed by atoms with Gasteiger partial charge in [0.1, 0.15) is 5.01 Å². The lowest BCUT2D eigenvalue weighted by Crippen LogP contribution is -2.04. The highest BCUT2D eigenvalue weighted by Gasteiger charge is 2.29. The Morgan fingerprint density at radius 1 is 1.12 bits per heavy atom. The van der Waals surface area contributed by atoms with Crippen molar-refractivity contribution in [3.05, 3.63) is 64.7 Å². The zero-order chi connectivity index (χ0) is 18.0. The molecule has 0 spiro atoms. The molecule has 0 bridgehead atoms. The fourth-order valence-electron chi connectivity index (χ4n) is 2.33. The van der Waals surface area contributed by atoms with Crippen molar-refractivity contribution in [3.63, 3.8) is 0 Å². The van der Waals surface area contributed by atoms with E-state index in [4.69, 9.17) is 5.11 Å². The van der Waals surface area contributed by atoms with Gasteiger partial charge in [0, 0.05) is 0 Å². The molecule has 3 nitrogen and oxygen atoms in total. The van der Waals surface area contributed by atoms with E-state index in [-0.39, 0.29) is 6.42 Å². The summed E-state index contributed by atoms with van der Waals surface area (Å²) in [6, 6.07) is 12.0. The Morgan fingerprint density at radius 2 is 1.80 bits per heavy atom. The molecule has 1 aromatic heterocycles. The number of aliphatic carboxylic acids is 1. The summed E-state index contributed by atoms with van der Waals surface area (Å²) in [5, 5.41) is 9.68. The van der Waals surface area contributed by atoms with Crippen LogP contribution in [0.25, 0.3) is 21.9 Å². The van der Waals surface area contributed by atoms with Crippen molar-refractivity contribution in [2.24, 2.45) is 0 Å². The molecule has 0 amide bonds. The van der Waals surface area contributed by atoms with Gasteiger partial charge in [-0.1, -0.05) is 24.3 Å². The summed E-state index contributed by atoms with van der Waals surface area (Å²) < 4.78 is 38.8. The van der Waals surface area contributed by atoms with Gasteiger partial charge < -0.3 is 5.11 Å². The van der Waals surface area contributed by atoms with Crippen LogP contribution in [0.1, 0.15) is 22.6 Å². The number of carboxylic acids is 1. The van der Waals surface area contributed by atoms with Crippen LogP contribution in [0.4, 0.5) is 13.2 Å². The highest BCUT2D eigenvalue weighted by molar-refractivity contribution is 7.19. The Bertz CT molecular complexity index is 910. The van der Waals surface area contributed by atoms with E-state index in [9.17, 15) is 18.0 Å². The maximum atomic E-state index is 12.6. The first-order valence-corrected chi connectivity index (χ1v) is 8.10. The average Bonchev–Trinajstić information content (AvgIpc) is 2.97. The summed E-state index contributed by atoms with van der Waals surface area (Å²) in [4.78, 5) is 15.6. The molecule has 25 heavy (non-hydrogen) atoms. The van der Waals surface area contributed by atoms with Crippen LogP contribution in [0.15, 0.2) is 48.5 Å². The van der Waals surface area contributed by atoms with Gasteiger partial charge in [-0.05, 0) is 41.5 Å². The van der Waals surface area contributed by atoms with Gasteiger partial charge in [-0.3, -0.25) is 4.79 Å². The highest BCUT2D eigenvalue weighted by Crippen LogP contribution is 2.32. The molecule has 1 heterocycles. The zero-order valence-electron chi connectivity index (χ0n) is 12.7. The predicted molar refractivity (Wildman–Crippen MR) is 91.2 cm³/mol. The first-order valence-electron chi connectivity index (χ1n) is 7.28. The van der Waals surface area contributed by atoms with Gasteiger partial charge in [-0.2, -0.15) is 13.2 Å². The van der Waals surface area contributed by atoms with Crippen molar-refractivity contribution in [2.75, 3.05) is 0 Å². The Hall–Kier alpha value is -2.67. The number of nitrogens with zero attached hydrogens (tertiary/aromatic N) is 1. The number of carbonyl (C=O) groups is 1. The second-order valence-corrected chi connectivity index (χ2v) is 6.38. The number of carboxylic acid groups (broad SMARTS) is 1. The third kappa shape index (κ3) is 4.06. The van der Waals surface area contributed by atoms with E-state index < -0.39 is 17.7 Å². The predicted octanol–water partition coefficient (Wildman–Crippen LogP) is 5.33. The second-order valence-electron chi connectivity index (χ2n) is 5.35. The van der Waals surface area contributed by atoms with Gasteiger partial charge in [-0.25, -0.2) is 4.98 Å².